The average Bonchev–Trinajstić information content (AvgIpc) is 2.63. The van der Waals surface area contributed by atoms with E-state index in [4.69, 9.17) is 4.42 Å². The van der Waals surface area contributed by atoms with Crippen LogP contribution in [0, 0.1) is 12.3 Å². The van der Waals surface area contributed by atoms with Crippen molar-refractivity contribution < 1.29 is 4.42 Å². The molecule has 1 N–H and O–H groups in total. The Morgan fingerprint density at radius 1 is 1.44 bits per heavy atom. The fourth-order valence-corrected chi connectivity index (χ4v) is 2.34. The zero-order valence-corrected chi connectivity index (χ0v) is 12.7. The molecular formula is C15H28N2O. The summed E-state index contributed by atoms with van der Waals surface area (Å²) in [6.07, 6.45) is 1.77. The molecule has 1 aromatic heterocycles. The lowest BCUT2D eigenvalue weighted by molar-refractivity contribution is 0.160. The van der Waals surface area contributed by atoms with E-state index in [0.717, 1.165) is 25.4 Å². The summed E-state index contributed by atoms with van der Waals surface area (Å²) in [5, 5.41) is 3.52. The van der Waals surface area contributed by atoms with Gasteiger partial charge in [-0.15, -0.1) is 0 Å². The van der Waals surface area contributed by atoms with Crippen molar-refractivity contribution in [1.29, 1.82) is 0 Å². The van der Waals surface area contributed by atoms with Gasteiger partial charge >= 0.3 is 0 Å². The second-order valence-corrected chi connectivity index (χ2v) is 5.94. The molecule has 18 heavy (non-hydrogen) atoms. The summed E-state index contributed by atoms with van der Waals surface area (Å²) in [5.41, 5.74) is 1.53. The highest BCUT2D eigenvalue weighted by Gasteiger charge is 2.26. The van der Waals surface area contributed by atoms with Crippen molar-refractivity contribution in [2.24, 2.45) is 5.41 Å². The molecule has 0 aromatic carbocycles. The Kier molecular flexibility index (Phi) is 5.42. The van der Waals surface area contributed by atoms with Crippen LogP contribution < -0.4 is 5.32 Å². The summed E-state index contributed by atoms with van der Waals surface area (Å²) in [6.45, 7) is 14.1. The molecule has 0 radical (unpaired) electrons. The van der Waals surface area contributed by atoms with Gasteiger partial charge in [0.15, 0.2) is 0 Å². The number of aryl methyl sites for hydroxylation is 1. The molecular weight excluding hydrogens is 224 g/mol. The number of furan rings is 1. The van der Waals surface area contributed by atoms with Gasteiger partial charge in [0, 0.05) is 24.7 Å². The van der Waals surface area contributed by atoms with Crippen molar-refractivity contribution in [3.8, 4) is 0 Å². The molecule has 3 heteroatoms. The first-order chi connectivity index (χ1) is 8.36. The lowest BCUT2D eigenvalue weighted by atomic mass is 9.84. The highest BCUT2D eigenvalue weighted by Crippen LogP contribution is 2.23. The second-order valence-electron chi connectivity index (χ2n) is 5.94. The molecule has 0 saturated carbocycles. The van der Waals surface area contributed by atoms with Crippen molar-refractivity contribution in [3.05, 3.63) is 23.7 Å². The monoisotopic (exact) mass is 252 g/mol. The van der Waals surface area contributed by atoms with Gasteiger partial charge in [0.25, 0.3) is 0 Å². The molecule has 1 atom stereocenters. The van der Waals surface area contributed by atoms with Gasteiger partial charge in [-0.05, 0) is 38.9 Å². The van der Waals surface area contributed by atoms with Crippen LogP contribution in [0.4, 0.5) is 0 Å². The third kappa shape index (κ3) is 4.14. The predicted molar refractivity (Wildman–Crippen MR) is 76.7 cm³/mol. The normalized spacial score (nSPS) is 14.2. The van der Waals surface area contributed by atoms with Crippen LogP contribution in [0.15, 0.2) is 16.7 Å². The van der Waals surface area contributed by atoms with Gasteiger partial charge in [-0.25, -0.2) is 0 Å². The fourth-order valence-electron chi connectivity index (χ4n) is 2.34. The zero-order chi connectivity index (χ0) is 13.8. The molecule has 0 aliphatic heterocycles. The van der Waals surface area contributed by atoms with Gasteiger partial charge in [0.05, 0.1) is 6.26 Å². The van der Waals surface area contributed by atoms with Gasteiger partial charge < -0.3 is 14.6 Å². The van der Waals surface area contributed by atoms with Gasteiger partial charge in [-0.3, -0.25) is 0 Å². The van der Waals surface area contributed by atoms with Crippen molar-refractivity contribution >= 4 is 0 Å². The zero-order valence-electron chi connectivity index (χ0n) is 12.7. The summed E-state index contributed by atoms with van der Waals surface area (Å²) in [6, 6.07) is 2.57. The molecule has 1 rings (SSSR count). The van der Waals surface area contributed by atoms with Crippen LogP contribution in [0.3, 0.4) is 0 Å². The molecule has 3 nitrogen and oxygen atoms in total. The molecule has 0 bridgehead atoms. The third-order valence-electron chi connectivity index (χ3n) is 3.77. The maximum atomic E-state index is 5.34. The number of hydrogen-bond donors (Lipinski definition) is 1. The largest absolute Gasteiger partial charge is 0.469 e. The van der Waals surface area contributed by atoms with Gasteiger partial charge in [0.1, 0.15) is 5.76 Å². The summed E-state index contributed by atoms with van der Waals surface area (Å²) < 4.78 is 5.34. The van der Waals surface area contributed by atoms with E-state index in [1.54, 1.807) is 6.26 Å². The summed E-state index contributed by atoms with van der Waals surface area (Å²) in [7, 11) is 2.17. The standard InChI is InChI=1S/C15H28N2O/c1-7-16-13(3)15(4,5)11-17(6)10-14-8-9-18-12(14)2/h8-9,13,16H,7,10-11H2,1-6H3. The average molecular weight is 252 g/mol. The first kappa shape index (κ1) is 15.3. The Morgan fingerprint density at radius 2 is 2.11 bits per heavy atom. The number of nitrogens with one attached hydrogen (secondary N) is 1. The second kappa shape index (κ2) is 6.39. The van der Waals surface area contributed by atoms with Crippen molar-refractivity contribution in [2.45, 2.75) is 47.2 Å². The Morgan fingerprint density at radius 3 is 2.61 bits per heavy atom. The molecule has 0 saturated heterocycles. The van der Waals surface area contributed by atoms with E-state index in [1.807, 2.05) is 6.92 Å². The Balaban J connectivity index is 2.53. The van der Waals surface area contributed by atoms with Gasteiger partial charge in [-0.2, -0.15) is 0 Å². The highest BCUT2D eigenvalue weighted by molar-refractivity contribution is 5.15. The van der Waals surface area contributed by atoms with Crippen molar-refractivity contribution in [3.63, 3.8) is 0 Å². The van der Waals surface area contributed by atoms with Crippen LogP contribution in [-0.4, -0.2) is 31.1 Å². The van der Waals surface area contributed by atoms with Gasteiger partial charge in [-0.1, -0.05) is 20.8 Å². The third-order valence-corrected chi connectivity index (χ3v) is 3.77. The molecule has 0 fully saturated rings. The molecule has 1 heterocycles. The predicted octanol–water partition coefficient (Wildman–Crippen LogP) is 3.04. The molecule has 1 unspecified atom stereocenters. The minimum absolute atomic E-state index is 0.252. The van der Waals surface area contributed by atoms with E-state index in [-0.39, 0.29) is 5.41 Å². The molecule has 1 aromatic rings. The molecule has 0 amide bonds. The molecule has 0 aliphatic carbocycles. The van der Waals surface area contributed by atoms with E-state index < -0.39 is 0 Å². The summed E-state index contributed by atoms with van der Waals surface area (Å²) in [4.78, 5) is 2.37. The van der Waals surface area contributed by atoms with E-state index in [1.165, 1.54) is 5.56 Å². The van der Waals surface area contributed by atoms with E-state index in [9.17, 15) is 0 Å². The molecule has 0 aliphatic rings. The minimum Gasteiger partial charge on any atom is -0.469 e. The first-order valence-corrected chi connectivity index (χ1v) is 6.81. The number of nitrogens with zero attached hydrogens (tertiary/aromatic N) is 1. The van der Waals surface area contributed by atoms with Crippen LogP contribution in [0.25, 0.3) is 0 Å². The summed E-state index contributed by atoms with van der Waals surface area (Å²) >= 11 is 0. The SMILES string of the molecule is CCNC(C)C(C)(C)CN(C)Cc1ccoc1C. The van der Waals surface area contributed by atoms with Crippen LogP contribution in [0.5, 0.6) is 0 Å². The lowest BCUT2D eigenvalue weighted by Crippen LogP contribution is -2.45. The van der Waals surface area contributed by atoms with Crippen molar-refractivity contribution in [1.82, 2.24) is 10.2 Å². The van der Waals surface area contributed by atoms with Crippen LogP contribution in [0.1, 0.15) is 39.0 Å². The minimum atomic E-state index is 0.252. The number of hydrogen-bond acceptors (Lipinski definition) is 3. The maximum absolute atomic E-state index is 5.34. The summed E-state index contributed by atoms with van der Waals surface area (Å²) in [5.74, 6) is 1.03. The van der Waals surface area contributed by atoms with E-state index >= 15 is 0 Å². The smallest absolute Gasteiger partial charge is 0.105 e. The lowest BCUT2D eigenvalue weighted by Gasteiger charge is -2.36. The van der Waals surface area contributed by atoms with Gasteiger partial charge in [0.2, 0.25) is 0 Å². The van der Waals surface area contributed by atoms with Crippen LogP contribution in [-0.2, 0) is 6.54 Å². The van der Waals surface area contributed by atoms with Crippen LogP contribution in [0.2, 0.25) is 0 Å². The Hall–Kier alpha value is -0.800. The van der Waals surface area contributed by atoms with E-state index in [0.29, 0.717) is 6.04 Å². The van der Waals surface area contributed by atoms with Crippen molar-refractivity contribution in [2.75, 3.05) is 20.1 Å². The van der Waals surface area contributed by atoms with E-state index in [2.05, 4.69) is 51.0 Å². The van der Waals surface area contributed by atoms with Crippen LogP contribution >= 0.6 is 0 Å². The maximum Gasteiger partial charge on any atom is 0.105 e. The topological polar surface area (TPSA) is 28.4 Å². The molecule has 0 spiro atoms. The quantitative estimate of drug-likeness (QED) is 0.808. The number of rotatable bonds is 7. The first-order valence-electron chi connectivity index (χ1n) is 6.81. The molecule has 104 valence electrons. The Bertz CT molecular complexity index is 357. The Labute approximate surface area is 112 Å². The highest BCUT2D eigenvalue weighted by atomic mass is 16.3. The fraction of sp³-hybridized carbons (Fsp3) is 0.733.